The average Bonchev–Trinajstić information content (AvgIpc) is 2.70. The van der Waals surface area contributed by atoms with Crippen LogP contribution in [0.5, 0.6) is 0 Å². The molecule has 2 aromatic rings. The van der Waals surface area contributed by atoms with Gasteiger partial charge in [-0.25, -0.2) is 0 Å². The van der Waals surface area contributed by atoms with Gasteiger partial charge in [0.05, 0.1) is 0 Å². The van der Waals surface area contributed by atoms with E-state index < -0.39 is 0 Å². The summed E-state index contributed by atoms with van der Waals surface area (Å²) in [5.41, 5.74) is 9.66. The van der Waals surface area contributed by atoms with Crippen LogP contribution >= 0.6 is 11.3 Å². The van der Waals surface area contributed by atoms with Gasteiger partial charge in [-0.15, -0.1) is 0 Å². The topological polar surface area (TPSA) is 26.0 Å². The summed E-state index contributed by atoms with van der Waals surface area (Å²) in [5, 5.41) is 4.24. The van der Waals surface area contributed by atoms with Crippen molar-refractivity contribution in [3.63, 3.8) is 0 Å². The van der Waals surface area contributed by atoms with Crippen molar-refractivity contribution in [2.24, 2.45) is 5.73 Å². The van der Waals surface area contributed by atoms with Crippen LogP contribution < -0.4 is 5.73 Å². The van der Waals surface area contributed by atoms with Gasteiger partial charge in [0.1, 0.15) is 0 Å². The molecule has 14 heavy (non-hydrogen) atoms. The lowest BCUT2D eigenvalue weighted by atomic mass is 9.98. The molecule has 72 valence electrons. The number of hydrogen-bond donors (Lipinski definition) is 1. The molecule has 0 fully saturated rings. The SMILES string of the molecule is CC(N)c1ccccc1-c1ccsc1. The Labute approximate surface area is 88.2 Å². The molecule has 1 heterocycles. The summed E-state index contributed by atoms with van der Waals surface area (Å²) in [6, 6.07) is 10.5. The number of nitrogens with two attached hydrogens (primary N) is 1. The first-order valence-electron chi connectivity index (χ1n) is 4.66. The molecule has 0 spiro atoms. The van der Waals surface area contributed by atoms with Gasteiger partial charge in [-0.3, -0.25) is 0 Å². The second kappa shape index (κ2) is 3.95. The van der Waals surface area contributed by atoms with Crippen LogP contribution in [0.2, 0.25) is 0 Å². The summed E-state index contributed by atoms with van der Waals surface area (Å²) in [4.78, 5) is 0. The molecule has 2 N–H and O–H groups in total. The third-order valence-electron chi connectivity index (χ3n) is 2.28. The molecule has 1 aromatic heterocycles. The molecule has 0 aliphatic heterocycles. The molecule has 0 aliphatic rings. The van der Waals surface area contributed by atoms with E-state index in [2.05, 4.69) is 35.0 Å². The van der Waals surface area contributed by atoms with Crippen molar-refractivity contribution in [1.82, 2.24) is 0 Å². The summed E-state index contributed by atoms with van der Waals surface area (Å²) >= 11 is 1.71. The average molecular weight is 203 g/mol. The molecule has 1 nitrogen and oxygen atoms in total. The van der Waals surface area contributed by atoms with Gasteiger partial charge in [0.15, 0.2) is 0 Å². The molecule has 0 bridgehead atoms. The van der Waals surface area contributed by atoms with E-state index in [9.17, 15) is 0 Å². The van der Waals surface area contributed by atoms with Gasteiger partial charge in [-0.1, -0.05) is 24.3 Å². The maximum Gasteiger partial charge on any atom is 0.0272 e. The molecule has 1 atom stereocenters. The Bertz CT molecular complexity index is 404. The summed E-state index contributed by atoms with van der Waals surface area (Å²) in [7, 11) is 0. The quantitative estimate of drug-likeness (QED) is 0.795. The Kier molecular flexibility index (Phi) is 2.66. The van der Waals surface area contributed by atoms with E-state index in [1.165, 1.54) is 16.7 Å². The first-order valence-corrected chi connectivity index (χ1v) is 5.60. The lowest BCUT2D eigenvalue weighted by molar-refractivity contribution is 0.820. The van der Waals surface area contributed by atoms with Gasteiger partial charge in [0.25, 0.3) is 0 Å². The maximum atomic E-state index is 5.92. The van der Waals surface area contributed by atoms with Crippen molar-refractivity contribution in [3.05, 3.63) is 46.7 Å². The number of thiophene rings is 1. The predicted molar refractivity (Wildman–Crippen MR) is 62.4 cm³/mol. The Hall–Kier alpha value is -1.12. The lowest BCUT2D eigenvalue weighted by Gasteiger charge is -2.10. The van der Waals surface area contributed by atoms with Gasteiger partial charge in [-0.05, 0) is 40.4 Å². The normalized spacial score (nSPS) is 12.7. The zero-order valence-electron chi connectivity index (χ0n) is 8.10. The van der Waals surface area contributed by atoms with Crippen molar-refractivity contribution >= 4 is 11.3 Å². The summed E-state index contributed by atoms with van der Waals surface area (Å²) in [6.07, 6.45) is 0. The molecule has 0 aliphatic carbocycles. The smallest absolute Gasteiger partial charge is 0.0272 e. The fraction of sp³-hybridized carbons (Fsp3) is 0.167. The van der Waals surface area contributed by atoms with Crippen LogP contribution in [0.3, 0.4) is 0 Å². The Morgan fingerprint density at radius 1 is 1.21 bits per heavy atom. The fourth-order valence-electron chi connectivity index (χ4n) is 1.57. The minimum atomic E-state index is 0.0890. The maximum absolute atomic E-state index is 5.92. The number of hydrogen-bond acceptors (Lipinski definition) is 2. The van der Waals surface area contributed by atoms with Gasteiger partial charge in [-0.2, -0.15) is 11.3 Å². The monoisotopic (exact) mass is 203 g/mol. The molecule has 0 saturated heterocycles. The lowest BCUT2D eigenvalue weighted by Crippen LogP contribution is -2.06. The van der Waals surface area contributed by atoms with E-state index in [1.807, 2.05) is 13.0 Å². The van der Waals surface area contributed by atoms with Crippen molar-refractivity contribution in [3.8, 4) is 11.1 Å². The van der Waals surface area contributed by atoms with Crippen LogP contribution in [0.1, 0.15) is 18.5 Å². The van der Waals surface area contributed by atoms with E-state index in [0.717, 1.165) is 0 Å². The van der Waals surface area contributed by atoms with Crippen LogP contribution in [0.4, 0.5) is 0 Å². The Morgan fingerprint density at radius 3 is 2.64 bits per heavy atom. The van der Waals surface area contributed by atoms with E-state index >= 15 is 0 Å². The first kappa shape index (κ1) is 9.44. The van der Waals surface area contributed by atoms with Gasteiger partial charge >= 0.3 is 0 Å². The Morgan fingerprint density at radius 2 is 2.00 bits per heavy atom. The van der Waals surface area contributed by atoms with Gasteiger partial charge in [0, 0.05) is 6.04 Å². The largest absolute Gasteiger partial charge is 0.324 e. The van der Waals surface area contributed by atoms with E-state index in [-0.39, 0.29) is 6.04 Å². The van der Waals surface area contributed by atoms with Crippen LogP contribution in [0.25, 0.3) is 11.1 Å². The Balaban J connectivity index is 2.53. The third kappa shape index (κ3) is 1.72. The molecule has 2 heteroatoms. The first-order chi connectivity index (χ1) is 6.79. The summed E-state index contributed by atoms with van der Waals surface area (Å²) < 4.78 is 0. The molecular formula is C12H13NS. The van der Waals surface area contributed by atoms with Crippen LogP contribution in [-0.2, 0) is 0 Å². The van der Waals surface area contributed by atoms with Gasteiger partial charge < -0.3 is 5.73 Å². The van der Waals surface area contributed by atoms with Crippen LogP contribution in [-0.4, -0.2) is 0 Å². The van der Waals surface area contributed by atoms with Crippen molar-refractivity contribution in [2.75, 3.05) is 0 Å². The number of benzene rings is 1. The summed E-state index contributed by atoms with van der Waals surface area (Å²) in [6.45, 7) is 2.02. The molecule has 1 unspecified atom stereocenters. The zero-order valence-corrected chi connectivity index (χ0v) is 8.92. The van der Waals surface area contributed by atoms with E-state index in [1.54, 1.807) is 11.3 Å². The highest BCUT2D eigenvalue weighted by molar-refractivity contribution is 7.08. The molecule has 0 saturated carbocycles. The summed E-state index contributed by atoms with van der Waals surface area (Å²) in [5.74, 6) is 0. The highest BCUT2D eigenvalue weighted by Gasteiger charge is 2.07. The minimum Gasteiger partial charge on any atom is -0.324 e. The zero-order chi connectivity index (χ0) is 9.97. The molecule has 0 radical (unpaired) electrons. The highest BCUT2D eigenvalue weighted by atomic mass is 32.1. The molecule has 1 aromatic carbocycles. The second-order valence-corrected chi connectivity index (χ2v) is 4.17. The van der Waals surface area contributed by atoms with Gasteiger partial charge in [0.2, 0.25) is 0 Å². The molecular weight excluding hydrogens is 190 g/mol. The molecule has 2 rings (SSSR count). The van der Waals surface area contributed by atoms with Crippen LogP contribution in [0, 0.1) is 0 Å². The minimum absolute atomic E-state index is 0.0890. The standard InChI is InChI=1S/C12H13NS/c1-9(13)11-4-2-3-5-12(11)10-6-7-14-8-10/h2-9H,13H2,1H3. The van der Waals surface area contributed by atoms with E-state index in [0.29, 0.717) is 0 Å². The molecule has 0 amide bonds. The number of rotatable bonds is 2. The van der Waals surface area contributed by atoms with Crippen molar-refractivity contribution < 1.29 is 0 Å². The van der Waals surface area contributed by atoms with Crippen molar-refractivity contribution in [1.29, 1.82) is 0 Å². The van der Waals surface area contributed by atoms with Crippen molar-refractivity contribution in [2.45, 2.75) is 13.0 Å². The van der Waals surface area contributed by atoms with E-state index in [4.69, 9.17) is 5.73 Å². The highest BCUT2D eigenvalue weighted by Crippen LogP contribution is 2.28. The fourth-order valence-corrected chi connectivity index (χ4v) is 2.23. The second-order valence-electron chi connectivity index (χ2n) is 3.39. The predicted octanol–water partition coefficient (Wildman–Crippen LogP) is 3.43. The van der Waals surface area contributed by atoms with Crippen LogP contribution in [0.15, 0.2) is 41.1 Å². The third-order valence-corrected chi connectivity index (χ3v) is 2.97.